The van der Waals surface area contributed by atoms with Crippen LogP contribution in [0, 0.1) is 6.92 Å². The molecule has 0 spiro atoms. The first-order valence-electron chi connectivity index (χ1n) is 7.24. The van der Waals surface area contributed by atoms with Crippen LogP contribution >= 0.6 is 0 Å². The van der Waals surface area contributed by atoms with Crippen molar-refractivity contribution < 1.29 is 14.6 Å². The first-order valence-corrected chi connectivity index (χ1v) is 7.24. The van der Waals surface area contributed by atoms with Gasteiger partial charge in [0, 0.05) is 18.7 Å². The Kier molecular flexibility index (Phi) is 5.02. The second kappa shape index (κ2) is 6.57. The van der Waals surface area contributed by atoms with E-state index in [4.69, 9.17) is 9.47 Å². The minimum absolute atomic E-state index is 0.0508. The topological polar surface area (TPSA) is 50.7 Å². The average molecular weight is 279 g/mol. The van der Waals surface area contributed by atoms with Gasteiger partial charge in [0.25, 0.3) is 0 Å². The number of benzene rings is 1. The quantitative estimate of drug-likeness (QED) is 0.835. The fourth-order valence-corrected chi connectivity index (χ4v) is 2.30. The smallest absolute Gasteiger partial charge is 0.119 e. The van der Waals surface area contributed by atoms with Crippen LogP contribution in [-0.2, 0) is 4.74 Å². The number of hydrogen-bond donors (Lipinski definition) is 2. The van der Waals surface area contributed by atoms with Crippen LogP contribution < -0.4 is 10.1 Å². The van der Waals surface area contributed by atoms with E-state index >= 15 is 0 Å². The number of nitrogens with one attached hydrogen (secondary N) is 1. The minimum Gasteiger partial charge on any atom is -0.491 e. The summed E-state index contributed by atoms with van der Waals surface area (Å²) in [7, 11) is 0. The van der Waals surface area contributed by atoms with E-state index in [0.717, 1.165) is 18.8 Å². The SMILES string of the molecule is Cc1ccc(OCC(O)CNC2(C)CCOC2C)cc1. The van der Waals surface area contributed by atoms with Gasteiger partial charge in [-0.3, -0.25) is 0 Å². The minimum atomic E-state index is -0.527. The zero-order valence-electron chi connectivity index (χ0n) is 12.6. The van der Waals surface area contributed by atoms with Crippen LogP contribution in [0.1, 0.15) is 25.8 Å². The molecule has 1 saturated heterocycles. The molecule has 3 unspecified atom stereocenters. The summed E-state index contributed by atoms with van der Waals surface area (Å²) < 4.78 is 11.1. The molecule has 1 aromatic rings. The standard InChI is InChI=1S/C16H25NO3/c1-12-4-6-15(7-5-12)20-11-14(18)10-17-16(3)8-9-19-13(16)2/h4-7,13-14,17-18H,8-11H2,1-3H3. The molecule has 0 aliphatic carbocycles. The predicted octanol–water partition coefficient (Wildman–Crippen LogP) is 1.89. The molecule has 0 bridgehead atoms. The second-order valence-corrected chi connectivity index (χ2v) is 5.84. The fraction of sp³-hybridized carbons (Fsp3) is 0.625. The molecule has 1 heterocycles. The molecule has 4 heteroatoms. The van der Waals surface area contributed by atoms with E-state index in [1.54, 1.807) is 0 Å². The third kappa shape index (κ3) is 3.95. The van der Waals surface area contributed by atoms with Crippen LogP contribution in [0.2, 0.25) is 0 Å². The van der Waals surface area contributed by atoms with Gasteiger partial charge in [0.1, 0.15) is 18.5 Å². The molecule has 0 saturated carbocycles. The molecule has 1 aliphatic rings. The molecule has 0 aromatic heterocycles. The van der Waals surface area contributed by atoms with Crippen molar-refractivity contribution in [2.75, 3.05) is 19.8 Å². The van der Waals surface area contributed by atoms with Crippen LogP contribution in [0.3, 0.4) is 0 Å². The number of ether oxygens (including phenoxy) is 2. The maximum atomic E-state index is 10.00. The fourth-order valence-electron chi connectivity index (χ4n) is 2.30. The van der Waals surface area contributed by atoms with E-state index in [1.807, 2.05) is 31.2 Å². The van der Waals surface area contributed by atoms with Crippen molar-refractivity contribution in [1.82, 2.24) is 5.32 Å². The summed E-state index contributed by atoms with van der Waals surface area (Å²) >= 11 is 0. The molecule has 1 aromatic carbocycles. The first-order chi connectivity index (χ1) is 9.49. The number of aryl methyl sites for hydroxylation is 1. The Hall–Kier alpha value is -1.10. The zero-order chi connectivity index (χ0) is 14.6. The largest absolute Gasteiger partial charge is 0.491 e. The van der Waals surface area contributed by atoms with E-state index in [9.17, 15) is 5.11 Å². The van der Waals surface area contributed by atoms with Gasteiger partial charge < -0.3 is 19.9 Å². The summed E-state index contributed by atoms with van der Waals surface area (Å²) in [5, 5.41) is 13.4. The summed E-state index contributed by atoms with van der Waals surface area (Å²) in [6.45, 7) is 7.82. The van der Waals surface area contributed by atoms with Gasteiger partial charge in [0.05, 0.1) is 6.10 Å². The van der Waals surface area contributed by atoms with Crippen molar-refractivity contribution >= 4 is 0 Å². The van der Waals surface area contributed by atoms with Gasteiger partial charge in [-0.25, -0.2) is 0 Å². The summed E-state index contributed by atoms with van der Waals surface area (Å²) in [6.07, 6.45) is 0.619. The normalized spacial score (nSPS) is 27.5. The van der Waals surface area contributed by atoms with Gasteiger partial charge in [-0.1, -0.05) is 17.7 Å². The summed E-state index contributed by atoms with van der Waals surface area (Å²) in [5.74, 6) is 0.790. The first kappa shape index (κ1) is 15.3. The maximum absolute atomic E-state index is 10.00. The van der Waals surface area contributed by atoms with Crippen LogP contribution in [-0.4, -0.2) is 42.6 Å². The number of hydrogen-bond acceptors (Lipinski definition) is 4. The van der Waals surface area contributed by atoms with E-state index in [2.05, 4.69) is 19.2 Å². The highest BCUT2D eigenvalue weighted by Gasteiger charge is 2.36. The lowest BCUT2D eigenvalue weighted by Gasteiger charge is -2.30. The molecule has 3 atom stereocenters. The third-order valence-corrected chi connectivity index (χ3v) is 4.09. The molecular formula is C16H25NO3. The van der Waals surface area contributed by atoms with E-state index in [0.29, 0.717) is 13.2 Å². The van der Waals surface area contributed by atoms with Crippen LogP contribution in [0.5, 0.6) is 5.75 Å². The Labute approximate surface area is 121 Å². The molecule has 112 valence electrons. The van der Waals surface area contributed by atoms with Gasteiger partial charge >= 0.3 is 0 Å². The van der Waals surface area contributed by atoms with Crippen LogP contribution in [0.4, 0.5) is 0 Å². The average Bonchev–Trinajstić information content (AvgIpc) is 2.76. The molecule has 20 heavy (non-hydrogen) atoms. The predicted molar refractivity (Wildman–Crippen MR) is 79.1 cm³/mol. The Balaban J connectivity index is 1.73. The van der Waals surface area contributed by atoms with Gasteiger partial charge in [-0.05, 0) is 39.3 Å². The van der Waals surface area contributed by atoms with Crippen molar-refractivity contribution in [2.24, 2.45) is 0 Å². The Morgan fingerprint density at radius 2 is 2.15 bits per heavy atom. The molecule has 0 radical (unpaired) electrons. The Bertz CT molecular complexity index is 420. The second-order valence-electron chi connectivity index (χ2n) is 5.84. The van der Waals surface area contributed by atoms with E-state index < -0.39 is 6.10 Å². The van der Waals surface area contributed by atoms with Crippen molar-refractivity contribution in [3.05, 3.63) is 29.8 Å². The molecular weight excluding hydrogens is 254 g/mol. The molecule has 1 aliphatic heterocycles. The van der Waals surface area contributed by atoms with Gasteiger partial charge in [-0.2, -0.15) is 0 Å². The van der Waals surface area contributed by atoms with Gasteiger partial charge in [0.15, 0.2) is 0 Å². The molecule has 4 nitrogen and oxygen atoms in total. The Morgan fingerprint density at radius 3 is 2.75 bits per heavy atom. The zero-order valence-corrected chi connectivity index (χ0v) is 12.6. The number of aliphatic hydroxyl groups excluding tert-OH is 1. The van der Waals surface area contributed by atoms with Crippen molar-refractivity contribution in [2.45, 2.75) is 44.9 Å². The number of β-amino-alcohol motifs (C(OH)–C–C–N with tert-alkyl or cyclic N) is 1. The summed E-state index contributed by atoms with van der Waals surface area (Å²) in [5.41, 5.74) is 1.15. The highest BCUT2D eigenvalue weighted by atomic mass is 16.5. The van der Waals surface area contributed by atoms with Crippen molar-refractivity contribution in [1.29, 1.82) is 0 Å². The Morgan fingerprint density at radius 1 is 1.45 bits per heavy atom. The summed E-state index contributed by atoms with van der Waals surface area (Å²) in [4.78, 5) is 0. The number of aliphatic hydroxyl groups is 1. The molecule has 1 fully saturated rings. The maximum Gasteiger partial charge on any atom is 0.119 e. The molecule has 2 rings (SSSR count). The monoisotopic (exact) mass is 279 g/mol. The lowest BCUT2D eigenvalue weighted by Crippen LogP contribution is -2.51. The van der Waals surface area contributed by atoms with E-state index in [1.165, 1.54) is 5.56 Å². The van der Waals surface area contributed by atoms with Gasteiger partial charge in [-0.15, -0.1) is 0 Å². The lowest BCUT2D eigenvalue weighted by atomic mass is 9.94. The van der Waals surface area contributed by atoms with Crippen molar-refractivity contribution in [3.63, 3.8) is 0 Å². The summed E-state index contributed by atoms with van der Waals surface area (Å²) in [6, 6.07) is 7.84. The van der Waals surface area contributed by atoms with E-state index in [-0.39, 0.29) is 11.6 Å². The number of rotatable bonds is 6. The highest BCUT2D eigenvalue weighted by Crippen LogP contribution is 2.24. The highest BCUT2D eigenvalue weighted by molar-refractivity contribution is 5.26. The molecule has 2 N–H and O–H groups in total. The van der Waals surface area contributed by atoms with Gasteiger partial charge in [0.2, 0.25) is 0 Å². The van der Waals surface area contributed by atoms with Crippen LogP contribution in [0.25, 0.3) is 0 Å². The van der Waals surface area contributed by atoms with Crippen LogP contribution in [0.15, 0.2) is 24.3 Å². The molecule has 0 amide bonds. The van der Waals surface area contributed by atoms with Crippen molar-refractivity contribution in [3.8, 4) is 5.75 Å². The third-order valence-electron chi connectivity index (χ3n) is 4.09. The lowest BCUT2D eigenvalue weighted by molar-refractivity contribution is 0.0686.